The Labute approximate surface area is 170 Å². The lowest BCUT2D eigenvalue weighted by Gasteiger charge is -2.27. The summed E-state index contributed by atoms with van der Waals surface area (Å²) in [5, 5.41) is 3.01. The summed E-state index contributed by atoms with van der Waals surface area (Å²) in [6.45, 7) is 19.2. The zero-order valence-corrected chi connectivity index (χ0v) is 18.9. The van der Waals surface area contributed by atoms with Crippen LogP contribution in [0.15, 0.2) is 30.3 Å². The van der Waals surface area contributed by atoms with Crippen molar-refractivity contribution in [3.05, 3.63) is 58.1 Å². The number of benzene rings is 2. The largest absolute Gasteiger partial charge is 0.483 e. The monoisotopic (exact) mass is 381 g/mol. The number of carbonyl (C=O) groups is 1. The van der Waals surface area contributed by atoms with Gasteiger partial charge in [0.15, 0.2) is 6.61 Å². The fourth-order valence-electron chi connectivity index (χ4n) is 3.40. The molecule has 0 saturated carbocycles. The van der Waals surface area contributed by atoms with Crippen LogP contribution in [-0.2, 0) is 15.6 Å². The number of amides is 1. The molecule has 0 aliphatic heterocycles. The molecule has 2 aromatic carbocycles. The molecule has 3 heteroatoms. The lowest BCUT2D eigenvalue weighted by atomic mass is 9.80. The number of rotatable bonds is 4. The third kappa shape index (κ3) is 5.37. The van der Waals surface area contributed by atoms with Crippen LogP contribution < -0.4 is 10.1 Å². The SMILES string of the molecule is Cc1cc(C)c(NC(=O)COc2ccc(C(C)(C)C)cc2C(C)(C)C)c(C)c1. The molecular weight excluding hydrogens is 346 g/mol. The average molecular weight is 382 g/mol. The van der Waals surface area contributed by atoms with E-state index in [0.717, 1.165) is 28.1 Å². The second kappa shape index (κ2) is 7.98. The molecule has 2 rings (SSSR count). The van der Waals surface area contributed by atoms with Crippen molar-refractivity contribution in [3.63, 3.8) is 0 Å². The van der Waals surface area contributed by atoms with Gasteiger partial charge in [0, 0.05) is 5.69 Å². The zero-order chi connectivity index (χ0) is 21.3. The van der Waals surface area contributed by atoms with E-state index < -0.39 is 0 Å². The van der Waals surface area contributed by atoms with Gasteiger partial charge >= 0.3 is 0 Å². The summed E-state index contributed by atoms with van der Waals surface area (Å²) in [4.78, 5) is 12.5. The minimum Gasteiger partial charge on any atom is -0.483 e. The summed E-state index contributed by atoms with van der Waals surface area (Å²) in [5.41, 5.74) is 6.58. The average Bonchev–Trinajstić information content (AvgIpc) is 2.54. The maximum absolute atomic E-state index is 12.5. The molecule has 0 aliphatic carbocycles. The van der Waals surface area contributed by atoms with Crippen molar-refractivity contribution in [2.45, 2.75) is 73.1 Å². The van der Waals surface area contributed by atoms with E-state index in [1.54, 1.807) is 0 Å². The Morgan fingerprint density at radius 3 is 1.96 bits per heavy atom. The van der Waals surface area contributed by atoms with E-state index >= 15 is 0 Å². The van der Waals surface area contributed by atoms with Crippen molar-refractivity contribution in [3.8, 4) is 5.75 Å². The summed E-state index contributed by atoms with van der Waals surface area (Å²) >= 11 is 0. The molecule has 0 aliphatic rings. The van der Waals surface area contributed by atoms with Gasteiger partial charge in [-0.3, -0.25) is 4.79 Å². The van der Waals surface area contributed by atoms with Crippen LogP contribution in [-0.4, -0.2) is 12.5 Å². The van der Waals surface area contributed by atoms with E-state index in [1.165, 1.54) is 11.1 Å². The molecule has 0 aromatic heterocycles. The quantitative estimate of drug-likeness (QED) is 0.682. The van der Waals surface area contributed by atoms with Crippen LogP contribution in [0.3, 0.4) is 0 Å². The Kier molecular flexibility index (Phi) is 6.27. The molecule has 0 bridgehead atoms. The second-order valence-corrected chi connectivity index (χ2v) is 9.82. The lowest BCUT2D eigenvalue weighted by Crippen LogP contribution is -2.23. The van der Waals surface area contributed by atoms with Crippen molar-refractivity contribution in [1.82, 2.24) is 0 Å². The van der Waals surface area contributed by atoms with Crippen molar-refractivity contribution in [1.29, 1.82) is 0 Å². The number of anilines is 1. The predicted molar refractivity (Wildman–Crippen MR) is 119 cm³/mol. The Balaban J connectivity index is 2.19. The van der Waals surface area contributed by atoms with Gasteiger partial charge in [-0.05, 0) is 59.9 Å². The number of hydrogen-bond donors (Lipinski definition) is 1. The van der Waals surface area contributed by atoms with Crippen LogP contribution in [0.1, 0.15) is 69.4 Å². The maximum atomic E-state index is 12.5. The van der Waals surface area contributed by atoms with Crippen LogP contribution in [0.25, 0.3) is 0 Å². The first-order valence-corrected chi connectivity index (χ1v) is 9.94. The Bertz CT molecular complexity index is 844. The van der Waals surface area contributed by atoms with Crippen molar-refractivity contribution < 1.29 is 9.53 Å². The molecule has 3 nitrogen and oxygen atoms in total. The Morgan fingerprint density at radius 2 is 1.46 bits per heavy atom. The fraction of sp³-hybridized carbons (Fsp3) is 0.480. The highest BCUT2D eigenvalue weighted by Crippen LogP contribution is 2.35. The molecule has 0 fully saturated rings. The van der Waals surface area contributed by atoms with E-state index in [2.05, 4.69) is 78.0 Å². The molecule has 0 spiro atoms. The molecule has 0 saturated heterocycles. The minimum atomic E-state index is -0.144. The summed E-state index contributed by atoms with van der Waals surface area (Å²) in [6, 6.07) is 10.5. The highest BCUT2D eigenvalue weighted by molar-refractivity contribution is 5.93. The standard InChI is InChI=1S/C25H35NO2/c1-16-12-17(2)23(18(3)13-16)26-22(27)15-28-21-11-10-19(24(4,5)6)14-20(21)25(7,8)9/h10-14H,15H2,1-9H3,(H,26,27). The van der Waals surface area contributed by atoms with Gasteiger partial charge in [-0.15, -0.1) is 0 Å². The van der Waals surface area contributed by atoms with E-state index in [4.69, 9.17) is 4.74 Å². The highest BCUT2D eigenvalue weighted by Gasteiger charge is 2.23. The van der Waals surface area contributed by atoms with Crippen LogP contribution in [0.4, 0.5) is 5.69 Å². The smallest absolute Gasteiger partial charge is 0.262 e. The molecule has 2 aromatic rings. The van der Waals surface area contributed by atoms with Gasteiger partial charge in [0.2, 0.25) is 0 Å². The summed E-state index contributed by atoms with van der Waals surface area (Å²) in [5.74, 6) is 0.628. The number of nitrogens with one attached hydrogen (secondary N) is 1. The molecule has 152 valence electrons. The third-order valence-electron chi connectivity index (χ3n) is 4.95. The van der Waals surface area contributed by atoms with Crippen molar-refractivity contribution in [2.24, 2.45) is 0 Å². The lowest BCUT2D eigenvalue weighted by molar-refractivity contribution is -0.118. The van der Waals surface area contributed by atoms with E-state index in [-0.39, 0.29) is 23.3 Å². The zero-order valence-electron chi connectivity index (χ0n) is 18.9. The first-order valence-electron chi connectivity index (χ1n) is 9.94. The first kappa shape index (κ1) is 22.0. The first-order chi connectivity index (χ1) is 12.8. The molecule has 0 atom stereocenters. The van der Waals surface area contributed by atoms with Crippen molar-refractivity contribution >= 4 is 11.6 Å². The van der Waals surface area contributed by atoms with E-state index in [0.29, 0.717) is 0 Å². The fourth-order valence-corrected chi connectivity index (χ4v) is 3.40. The van der Waals surface area contributed by atoms with E-state index in [9.17, 15) is 4.79 Å². The van der Waals surface area contributed by atoms with Gasteiger partial charge in [-0.1, -0.05) is 71.4 Å². The number of hydrogen-bond acceptors (Lipinski definition) is 2. The summed E-state index contributed by atoms with van der Waals surface area (Å²) in [7, 11) is 0. The van der Waals surface area contributed by atoms with Crippen LogP contribution in [0.2, 0.25) is 0 Å². The predicted octanol–water partition coefficient (Wildman–Crippen LogP) is 6.22. The summed E-state index contributed by atoms with van der Waals surface area (Å²) in [6.07, 6.45) is 0. The van der Waals surface area contributed by atoms with Crippen molar-refractivity contribution in [2.75, 3.05) is 11.9 Å². The van der Waals surface area contributed by atoms with Crippen LogP contribution in [0, 0.1) is 20.8 Å². The number of aryl methyl sites for hydroxylation is 3. The van der Waals surface area contributed by atoms with Gasteiger partial charge in [0.25, 0.3) is 5.91 Å². The molecule has 0 heterocycles. The molecule has 1 amide bonds. The summed E-state index contributed by atoms with van der Waals surface area (Å²) < 4.78 is 5.96. The number of ether oxygens (including phenoxy) is 1. The van der Waals surface area contributed by atoms with Gasteiger partial charge in [-0.25, -0.2) is 0 Å². The molecule has 1 N–H and O–H groups in total. The second-order valence-electron chi connectivity index (χ2n) is 9.82. The van der Waals surface area contributed by atoms with Gasteiger partial charge in [0.05, 0.1) is 0 Å². The van der Waals surface area contributed by atoms with Crippen LogP contribution >= 0.6 is 0 Å². The van der Waals surface area contributed by atoms with Gasteiger partial charge in [-0.2, -0.15) is 0 Å². The molecule has 28 heavy (non-hydrogen) atoms. The highest BCUT2D eigenvalue weighted by atomic mass is 16.5. The topological polar surface area (TPSA) is 38.3 Å². The minimum absolute atomic E-state index is 0.00923. The van der Waals surface area contributed by atoms with E-state index in [1.807, 2.05) is 19.9 Å². The molecule has 0 radical (unpaired) electrons. The van der Waals surface area contributed by atoms with Crippen LogP contribution in [0.5, 0.6) is 5.75 Å². The molecule has 0 unspecified atom stereocenters. The Morgan fingerprint density at radius 1 is 0.893 bits per heavy atom. The molecular formula is C25H35NO2. The van der Waals surface area contributed by atoms with Gasteiger partial charge < -0.3 is 10.1 Å². The van der Waals surface area contributed by atoms with Gasteiger partial charge in [0.1, 0.15) is 5.75 Å². The maximum Gasteiger partial charge on any atom is 0.262 e. The number of carbonyl (C=O) groups excluding carboxylic acids is 1. The Hall–Kier alpha value is -2.29. The third-order valence-corrected chi connectivity index (χ3v) is 4.95. The normalized spacial score (nSPS) is 12.0.